The Morgan fingerprint density at radius 1 is 1.11 bits per heavy atom. The molecule has 0 saturated carbocycles. The van der Waals surface area contributed by atoms with Gasteiger partial charge < -0.3 is 24.6 Å². The van der Waals surface area contributed by atoms with Gasteiger partial charge >= 0.3 is 12.4 Å². The van der Waals surface area contributed by atoms with Crippen molar-refractivity contribution in [2.24, 2.45) is 0 Å². The molecule has 1 saturated heterocycles. The zero-order valence-electron chi connectivity index (χ0n) is 20.0. The highest BCUT2D eigenvalue weighted by molar-refractivity contribution is 5.74. The number of aryl methyl sites for hydroxylation is 1. The summed E-state index contributed by atoms with van der Waals surface area (Å²) < 4.78 is 48.7. The number of amides is 2. The van der Waals surface area contributed by atoms with Crippen molar-refractivity contribution in [3.05, 3.63) is 60.2 Å². The molecule has 36 heavy (non-hydrogen) atoms. The summed E-state index contributed by atoms with van der Waals surface area (Å²) in [5, 5.41) is 7.12. The fourth-order valence-corrected chi connectivity index (χ4v) is 3.93. The Morgan fingerprint density at radius 2 is 1.89 bits per heavy atom. The van der Waals surface area contributed by atoms with Gasteiger partial charge in [-0.05, 0) is 43.7 Å². The van der Waals surface area contributed by atoms with Gasteiger partial charge in [0, 0.05) is 44.5 Å². The van der Waals surface area contributed by atoms with E-state index in [1.165, 1.54) is 18.2 Å². The van der Waals surface area contributed by atoms with Crippen molar-refractivity contribution < 1.29 is 27.4 Å². The lowest BCUT2D eigenvalue weighted by Crippen LogP contribution is -2.51. The Labute approximate surface area is 206 Å². The predicted octanol–water partition coefficient (Wildman–Crippen LogP) is 3.90. The highest BCUT2D eigenvalue weighted by Gasteiger charge is 2.31. The van der Waals surface area contributed by atoms with E-state index in [-0.39, 0.29) is 18.3 Å². The predicted molar refractivity (Wildman–Crippen MR) is 126 cm³/mol. The van der Waals surface area contributed by atoms with E-state index in [1.807, 2.05) is 32.0 Å². The molecule has 2 amide bonds. The monoisotopic (exact) mass is 504 g/mol. The number of urea groups is 1. The largest absolute Gasteiger partial charge is 0.573 e. The van der Waals surface area contributed by atoms with E-state index in [0.29, 0.717) is 49.9 Å². The molecular weight excluding hydrogens is 477 g/mol. The molecule has 0 bridgehead atoms. The Morgan fingerprint density at radius 3 is 2.56 bits per heavy atom. The molecule has 2 heterocycles. The van der Waals surface area contributed by atoms with Crippen LogP contribution in [0.4, 0.5) is 23.7 Å². The number of carbonyl (C=O) groups excluding carboxylic acids is 1. The molecule has 1 aromatic heterocycles. The van der Waals surface area contributed by atoms with Crippen molar-refractivity contribution in [2.75, 3.05) is 37.7 Å². The van der Waals surface area contributed by atoms with Gasteiger partial charge in [0.25, 0.3) is 0 Å². The number of aromatic nitrogens is 3. The minimum absolute atomic E-state index is 0.0923. The first-order valence-corrected chi connectivity index (χ1v) is 11.5. The normalized spacial score (nSPS) is 14.0. The van der Waals surface area contributed by atoms with Crippen LogP contribution >= 0.6 is 0 Å². The smallest absolute Gasteiger partial charge is 0.492 e. The van der Waals surface area contributed by atoms with Gasteiger partial charge in [0.2, 0.25) is 0 Å². The van der Waals surface area contributed by atoms with Crippen molar-refractivity contribution in [1.29, 1.82) is 0 Å². The summed E-state index contributed by atoms with van der Waals surface area (Å²) >= 11 is 0. The summed E-state index contributed by atoms with van der Waals surface area (Å²) in [6.45, 7) is 6.57. The number of nitrogens with zero attached hydrogens (tertiary/aromatic N) is 5. The van der Waals surface area contributed by atoms with Gasteiger partial charge in [-0.15, -0.1) is 13.2 Å². The molecule has 3 aromatic rings. The number of nitrogens with one attached hydrogen (secondary N) is 1. The Bertz CT molecular complexity index is 1190. The summed E-state index contributed by atoms with van der Waals surface area (Å²) in [4.78, 5) is 20.6. The lowest BCUT2D eigenvalue weighted by atomic mass is 10.2. The van der Waals surface area contributed by atoms with E-state index < -0.39 is 6.36 Å². The van der Waals surface area contributed by atoms with E-state index in [2.05, 4.69) is 25.0 Å². The van der Waals surface area contributed by atoms with Crippen LogP contribution in [-0.4, -0.2) is 64.8 Å². The molecule has 12 heteroatoms. The topological polar surface area (TPSA) is 84.8 Å². The van der Waals surface area contributed by atoms with Gasteiger partial charge in [-0.2, -0.15) is 5.10 Å². The molecule has 9 nitrogen and oxygen atoms in total. The average molecular weight is 505 g/mol. The number of hydrogen-bond donors (Lipinski definition) is 1. The zero-order valence-corrected chi connectivity index (χ0v) is 20.0. The number of alkyl halides is 3. The molecule has 0 aliphatic carbocycles. The van der Waals surface area contributed by atoms with Crippen molar-refractivity contribution in [3.8, 4) is 17.2 Å². The number of ether oxygens (including phenoxy) is 2. The Balaban J connectivity index is 1.33. The van der Waals surface area contributed by atoms with Crippen molar-refractivity contribution >= 4 is 11.7 Å². The second kappa shape index (κ2) is 10.8. The first-order chi connectivity index (χ1) is 17.2. The molecule has 1 aliphatic heterocycles. The van der Waals surface area contributed by atoms with Gasteiger partial charge in [-0.3, -0.25) is 0 Å². The molecule has 192 valence electrons. The van der Waals surface area contributed by atoms with Crippen molar-refractivity contribution in [3.63, 3.8) is 0 Å². The van der Waals surface area contributed by atoms with Crippen LogP contribution in [0.1, 0.15) is 18.3 Å². The molecule has 0 spiro atoms. The number of carbonyl (C=O) groups is 1. The number of anilines is 1. The standard InChI is InChI=1S/C24H27F3N6O3/c1-3-35-22-14-19(7-8-21(22)33-16-29-17(2)30-33)31-9-11-32(12-10-31)23(34)28-15-18-5-4-6-20(13-18)36-24(25,26)27/h4-8,13-14,16H,3,9-12,15H2,1-2H3,(H,28,34). The van der Waals surface area contributed by atoms with Gasteiger partial charge in [-0.25, -0.2) is 14.5 Å². The first kappa shape index (κ1) is 25.1. The fourth-order valence-electron chi connectivity index (χ4n) is 3.93. The second-order valence-electron chi connectivity index (χ2n) is 8.15. The third-order valence-corrected chi connectivity index (χ3v) is 5.60. The van der Waals surface area contributed by atoms with Crippen LogP contribution < -0.4 is 19.7 Å². The molecule has 1 fully saturated rings. The minimum Gasteiger partial charge on any atom is -0.492 e. The average Bonchev–Trinajstić information content (AvgIpc) is 3.28. The lowest BCUT2D eigenvalue weighted by molar-refractivity contribution is -0.274. The van der Waals surface area contributed by atoms with E-state index in [4.69, 9.17) is 4.74 Å². The number of benzene rings is 2. The SMILES string of the molecule is CCOc1cc(N2CCN(C(=O)NCc3cccc(OC(F)(F)F)c3)CC2)ccc1-n1cnc(C)n1. The number of halogens is 3. The summed E-state index contributed by atoms with van der Waals surface area (Å²) in [7, 11) is 0. The van der Waals surface area contributed by atoms with Gasteiger partial charge in [0.1, 0.15) is 29.3 Å². The summed E-state index contributed by atoms with van der Waals surface area (Å²) in [6, 6.07) is 11.2. The summed E-state index contributed by atoms with van der Waals surface area (Å²) in [6.07, 6.45) is -3.12. The molecular formula is C24H27F3N6O3. The Hall–Kier alpha value is -3.96. The number of rotatable bonds is 7. The highest BCUT2D eigenvalue weighted by Crippen LogP contribution is 2.29. The van der Waals surface area contributed by atoms with E-state index in [1.54, 1.807) is 22.0 Å². The van der Waals surface area contributed by atoms with Gasteiger partial charge in [0.15, 0.2) is 0 Å². The quantitative estimate of drug-likeness (QED) is 0.526. The highest BCUT2D eigenvalue weighted by atomic mass is 19.4. The van der Waals surface area contributed by atoms with Crippen molar-refractivity contribution in [1.82, 2.24) is 25.0 Å². The number of hydrogen-bond acceptors (Lipinski definition) is 6. The van der Waals surface area contributed by atoms with Crippen LogP contribution in [0.3, 0.4) is 0 Å². The third-order valence-electron chi connectivity index (χ3n) is 5.60. The molecule has 4 rings (SSSR count). The van der Waals surface area contributed by atoms with Crippen LogP contribution in [-0.2, 0) is 6.54 Å². The maximum atomic E-state index is 12.6. The summed E-state index contributed by atoms with van der Waals surface area (Å²) in [5.74, 6) is 1.04. The molecule has 1 aliphatic rings. The third kappa shape index (κ3) is 6.37. The van der Waals surface area contributed by atoms with Gasteiger partial charge in [-0.1, -0.05) is 12.1 Å². The van der Waals surface area contributed by atoms with E-state index >= 15 is 0 Å². The zero-order chi connectivity index (χ0) is 25.7. The maximum Gasteiger partial charge on any atom is 0.573 e. The lowest BCUT2D eigenvalue weighted by Gasteiger charge is -2.36. The Kier molecular flexibility index (Phi) is 7.51. The van der Waals surface area contributed by atoms with Gasteiger partial charge in [0.05, 0.1) is 6.61 Å². The van der Waals surface area contributed by atoms with Crippen LogP contribution in [0.25, 0.3) is 5.69 Å². The van der Waals surface area contributed by atoms with Crippen LogP contribution in [0.15, 0.2) is 48.8 Å². The molecule has 0 unspecified atom stereocenters. The molecule has 1 N–H and O–H groups in total. The molecule has 0 atom stereocenters. The molecule has 2 aromatic carbocycles. The fraction of sp³-hybridized carbons (Fsp3) is 0.375. The number of piperazine rings is 1. The molecule has 0 radical (unpaired) electrons. The first-order valence-electron chi connectivity index (χ1n) is 11.5. The maximum absolute atomic E-state index is 12.6. The van der Waals surface area contributed by atoms with E-state index in [0.717, 1.165) is 11.4 Å². The minimum atomic E-state index is -4.76. The van der Waals surface area contributed by atoms with Crippen LogP contribution in [0.5, 0.6) is 11.5 Å². The van der Waals surface area contributed by atoms with Crippen LogP contribution in [0, 0.1) is 6.92 Å². The van der Waals surface area contributed by atoms with Crippen LogP contribution in [0.2, 0.25) is 0 Å². The second-order valence-corrected chi connectivity index (χ2v) is 8.15. The summed E-state index contributed by atoms with van der Waals surface area (Å²) in [5.41, 5.74) is 2.28. The van der Waals surface area contributed by atoms with Crippen molar-refractivity contribution in [2.45, 2.75) is 26.8 Å². The van der Waals surface area contributed by atoms with E-state index in [9.17, 15) is 18.0 Å².